The van der Waals surface area contributed by atoms with Crippen molar-refractivity contribution in [2.75, 3.05) is 19.1 Å². The van der Waals surface area contributed by atoms with Crippen molar-refractivity contribution in [3.8, 4) is 5.75 Å². The molecule has 0 bridgehead atoms. The van der Waals surface area contributed by atoms with Crippen molar-refractivity contribution in [1.29, 1.82) is 0 Å². The van der Waals surface area contributed by atoms with Gasteiger partial charge in [0.1, 0.15) is 5.75 Å². The Hall–Kier alpha value is -2.29. The second kappa shape index (κ2) is 7.52. The predicted molar refractivity (Wildman–Crippen MR) is 100 cm³/mol. The number of nitrogens with zero attached hydrogens (tertiary/aromatic N) is 1. The molecule has 0 aromatic heterocycles. The van der Waals surface area contributed by atoms with Crippen LogP contribution in [0.2, 0.25) is 0 Å². The summed E-state index contributed by atoms with van der Waals surface area (Å²) in [5, 5.41) is 0. The summed E-state index contributed by atoms with van der Waals surface area (Å²) >= 11 is 0. The van der Waals surface area contributed by atoms with Crippen LogP contribution >= 0.6 is 0 Å². The van der Waals surface area contributed by atoms with Gasteiger partial charge in [0, 0.05) is 12.7 Å². The van der Waals surface area contributed by atoms with E-state index in [4.69, 9.17) is 4.74 Å². The average molecular weight is 325 g/mol. The van der Waals surface area contributed by atoms with Gasteiger partial charge >= 0.3 is 0 Å². The molecule has 0 fully saturated rings. The second-order valence-electron chi connectivity index (χ2n) is 6.59. The summed E-state index contributed by atoms with van der Waals surface area (Å²) in [6.07, 6.45) is 0. The molecular weight excluding hydrogens is 298 g/mol. The first-order valence-corrected chi connectivity index (χ1v) is 8.37. The van der Waals surface area contributed by atoms with Crippen LogP contribution in [0, 0.1) is 6.92 Å². The molecule has 0 aliphatic rings. The lowest BCUT2D eigenvalue weighted by atomic mass is 9.94. The molecule has 24 heavy (non-hydrogen) atoms. The van der Waals surface area contributed by atoms with Crippen molar-refractivity contribution in [1.82, 2.24) is 0 Å². The molecule has 2 aromatic carbocycles. The molecule has 0 saturated carbocycles. The molecule has 1 unspecified atom stereocenters. The zero-order chi connectivity index (χ0) is 17.9. The molecule has 2 aromatic rings. The van der Waals surface area contributed by atoms with E-state index in [2.05, 4.69) is 26.0 Å². The van der Waals surface area contributed by atoms with Gasteiger partial charge in [-0.15, -0.1) is 0 Å². The van der Waals surface area contributed by atoms with Crippen molar-refractivity contribution in [2.45, 2.75) is 39.5 Å². The molecule has 0 heterocycles. The third kappa shape index (κ3) is 3.78. The Morgan fingerprint density at radius 2 is 1.67 bits per heavy atom. The summed E-state index contributed by atoms with van der Waals surface area (Å²) < 4.78 is 5.24. The summed E-state index contributed by atoms with van der Waals surface area (Å²) in [4.78, 5) is 14.6. The van der Waals surface area contributed by atoms with Crippen LogP contribution in [0.15, 0.2) is 42.5 Å². The van der Waals surface area contributed by atoms with E-state index in [0.717, 1.165) is 22.6 Å². The van der Waals surface area contributed by atoms with Crippen LogP contribution in [0.5, 0.6) is 5.75 Å². The van der Waals surface area contributed by atoms with E-state index in [9.17, 15) is 4.79 Å². The summed E-state index contributed by atoms with van der Waals surface area (Å²) in [7, 11) is 3.49. The Balaban J connectivity index is 2.20. The number of ether oxygens (including phenoxy) is 1. The highest BCUT2D eigenvalue weighted by atomic mass is 16.5. The highest BCUT2D eigenvalue weighted by molar-refractivity contribution is 5.97. The minimum atomic E-state index is -0.203. The first-order valence-electron chi connectivity index (χ1n) is 8.37. The Bertz CT molecular complexity index is 704. The summed E-state index contributed by atoms with van der Waals surface area (Å²) in [6.45, 7) is 8.30. The Labute approximate surface area is 145 Å². The number of anilines is 1. The van der Waals surface area contributed by atoms with E-state index in [-0.39, 0.29) is 11.8 Å². The number of carbonyl (C=O) groups excluding carboxylic acids is 1. The first-order chi connectivity index (χ1) is 11.3. The SMILES string of the molecule is COc1ccc(C(C)C(=O)N(C)c2ccc(C(C)C)cc2)c(C)c1. The van der Waals surface area contributed by atoms with Crippen molar-refractivity contribution in [2.24, 2.45) is 0 Å². The van der Waals surface area contributed by atoms with Gasteiger partial charge in [0.25, 0.3) is 0 Å². The molecule has 1 atom stereocenters. The van der Waals surface area contributed by atoms with Gasteiger partial charge in [-0.1, -0.05) is 32.0 Å². The van der Waals surface area contributed by atoms with E-state index in [1.807, 2.05) is 51.2 Å². The topological polar surface area (TPSA) is 29.5 Å². The minimum Gasteiger partial charge on any atom is -0.497 e. The Morgan fingerprint density at radius 3 is 2.17 bits per heavy atom. The monoisotopic (exact) mass is 325 g/mol. The van der Waals surface area contributed by atoms with E-state index in [0.29, 0.717) is 5.92 Å². The highest BCUT2D eigenvalue weighted by Crippen LogP contribution is 2.27. The lowest BCUT2D eigenvalue weighted by Gasteiger charge is -2.23. The fourth-order valence-corrected chi connectivity index (χ4v) is 2.89. The van der Waals surface area contributed by atoms with Crippen LogP contribution in [-0.2, 0) is 4.79 Å². The smallest absolute Gasteiger partial charge is 0.233 e. The Morgan fingerprint density at radius 1 is 1.04 bits per heavy atom. The zero-order valence-electron chi connectivity index (χ0n) is 15.5. The van der Waals surface area contributed by atoms with Gasteiger partial charge in [-0.3, -0.25) is 4.79 Å². The van der Waals surface area contributed by atoms with E-state index < -0.39 is 0 Å². The van der Waals surface area contributed by atoms with Crippen molar-refractivity contribution >= 4 is 11.6 Å². The fraction of sp³-hybridized carbons (Fsp3) is 0.381. The van der Waals surface area contributed by atoms with Crippen LogP contribution in [0.4, 0.5) is 5.69 Å². The fourth-order valence-electron chi connectivity index (χ4n) is 2.89. The molecule has 0 radical (unpaired) electrons. The number of amides is 1. The van der Waals surface area contributed by atoms with E-state index in [1.54, 1.807) is 12.0 Å². The standard InChI is InChI=1S/C21H27NO2/c1-14(2)17-7-9-18(10-8-17)22(5)21(23)16(4)20-12-11-19(24-6)13-15(20)3/h7-14,16H,1-6H3. The number of hydrogen-bond donors (Lipinski definition) is 0. The molecule has 2 rings (SSSR count). The van der Waals surface area contributed by atoms with Gasteiger partial charge in [0.05, 0.1) is 13.0 Å². The maximum atomic E-state index is 12.9. The third-order valence-electron chi connectivity index (χ3n) is 4.59. The number of hydrogen-bond acceptors (Lipinski definition) is 2. The molecular formula is C21H27NO2. The van der Waals surface area contributed by atoms with Crippen molar-refractivity contribution < 1.29 is 9.53 Å². The van der Waals surface area contributed by atoms with E-state index in [1.165, 1.54) is 5.56 Å². The number of benzene rings is 2. The van der Waals surface area contributed by atoms with Gasteiger partial charge in [-0.2, -0.15) is 0 Å². The number of methoxy groups -OCH3 is 1. The van der Waals surface area contributed by atoms with Gasteiger partial charge in [0.15, 0.2) is 0 Å². The summed E-state index contributed by atoms with van der Waals surface area (Å²) in [5.41, 5.74) is 4.30. The molecule has 0 spiro atoms. The van der Waals surface area contributed by atoms with Crippen LogP contribution in [0.3, 0.4) is 0 Å². The molecule has 0 aliphatic heterocycles. The zero-order valence-corrected chi connectivity index (χ0v) is 15.5. The molecule has 3 nitrogen and oxygen atoms in total. The van der Waals surface area contributed by atoms with Crippen molar-refractivity contribution in [3.63, 3.8) is 0 Å². The van der Waals surface area contributed by atoms with Crippen LogP contribution in [0.25, 0.3) is 0 Å². The molecule has 3 heteroatoms. The maximum Gasteiger partial charge on any atom is 0.233 e. The quantitative estimate of drug-likeness (QED) is 0.783. The van der Waals surface area contributed by atoms with Gasteiger partial charge < -0.3 is 9.64 Å². The highest BCUT2D eigenvalue weighted by Gasteiger charge is 2.22. The maximum absolute atomic E-state index is 12.9. The largest absolute Gasteiger partial charge is 0.497 e. The summed E-state index contributed by atoms with van der Waals surface area (Å²) in [5.74, 6) is 1.18. The summed E-state index contributed by atoms with van der Waals surface area (Å²) in [6, 6.07) is 14.1. The number of likely N-dealkylation sites (N-methyl/N-ethyl adjacent to an activating group) is 1. The van der Waals surface area contributed by atoms with Gasteiger partial charge in [-0.25, -0.2) is 0 Å². The minimum absolute atomic E-state index is 0.0839. The van der Waals surface area contributed by atoms with Crippen LogP contribution in [-0.4, -0.2) is 20.1 Å². The second-order valence-corrected chi connectivity index (χ2v) is 6.59. The first kappa shape index (κ1) is 18.1. The lowest BCUT2D eigenvalue weighted by molar-refractivity contribution is -0.119. The van der Waals surface area contributed by atoms with E-state index >= 15 is 0 Å². The van der Waals surface area contributed by atoms with Crippen LogP contribution < -0.4 is 9.64 Å². The number of aryl methyl sites for hydroxylation is 1. The average Bonchev–Trinajstić information content (AvgIpc) is 2.59. The predicted octanol–water partition coefficient (Wildman–Crippen LogP) is 4.89. The van der Waals surface area contributed by atoms with Gasteiger partial charge in [-0.05, 0) is 60.7 Å². The Kier molecular flexibility index (Phi) is 5.66. The third-order valence-corrected chi connectivity index (χ3v) is 4.59. The number of carbonyl (C=O) groups is 1. The number of rotatable bonds is 5. The molecule has 0 saturated heterocycles. The molecule has 0 N–H and O–H groups in total. The van der Waals surface area contributed by atoms with Crippen molar-refractivity contribution in [3.05, 3.63) is 59.2 Å². The van der Waals surface area contributed by atoms with Gasteiger partial charge in [0.2, 0.25) is 5.91 Å². The lowest BCUT2D eigenvalue weighted by Crippen LogP contribution is -2.30. The van der Waals surface area contributed by atoms with Crippen LogP contribution in [0.1, 0.15) is 49.3 Å². The normalized spacial score (nSPS) is 12.1. The molecule has 1 amide bonds. The molecule has 0 aliphatic carbocycles. The molecule has 128 valence electrons.